The van der Waals surface area contributed by atoms with Crippen LogP contribution in [-0.2, 0) is 21.7 Å². The number of hydrogen-bond acceptors (Lipinski definition) is 4. The lowest BCUT2D eigenvalue weighted by molar-refractivity contribution is 0.299. The predicted octanol–water partition coefficient (Wildman–Crippen LogP) is 17.3. The summed E-state index contributed by atoms with van der Waals surface area (Å²) in [5, 5.41) is 0. The summed E-state index contributed by atoms with van der Waals surface area (Å²) < 4.78 is 9.96. The highest BCUT2D eigenvalue weighted by molar-refractivity contribution is 7.00. The normalized spacial score (nSPS) is 15.9. The monoisotopic (exact) mass is 875 g/mol. The SMILES string of the molecule is Cc1ccc(N(c2ccccc2)c2ccc(-c3ccc4c(c3)C(C)(C)C(C)(C)c3cc(-c5ccc(-c6ccc7c(c6)C(C)(C)C(C)(C)c6cc(C)ccc6-7)c6nsnc56)ccc3-4)cc2)cc1. The average Bonchev–Trinajstić information content (AvgIpc) is 3.82. The van der Waals surface area contributed by atoms with Crippen molar-refractivity contribution < 1.29 is 0 Å². The molecule has 3 nitrogen and oxygen atoms in total. The number of hydrogen-bond donors (Lipinski definition) is 0. The summed E-state index contributed by atoms with van der Waals surface area (Å²) in [4.78, 5) is 2.33. The Morgan fingerprint density at radius 2 is 0.682 bits per heavy atom. The zero-order valence-electron chi connectivity index (χ0n) is 39.8. The molecule has 4 heteroatoms. The molecule has 9 aromatic rings. The summed E-state index contributed by atoms with van der Waals surface area (Å²) >= 11 is 1.31. The van der Waals surface area contributed by atoms with Crippen molar-refractivity contribution in [3.8, 4) is 55.6 Å². The Balaban J connectivity index is 0.943. The summed E-state index contributed by atoms with van der Waals surface area (Å²) in [6.07, 6.45) is 0. The number of aryl methyl sites for hydroxylation is 2. The molecule has 2 aliphatic carbocycles. The van der Waals surface area contributed by atoms with E-state index in [-0.39, 0.29) is 21.7 Å². The minimum absolute atomic E-state index is 0.0421. The molecule has 2 aliphatic rings. The van der Waals surface area contributed by atoms with E-state index in [2.05, 4.69) is 238 Å². The third-order valence-electron chi connectivity index (χ3n) is 16.4. The van der Waals surface area contributed by atoms with Crippen LogP contribution in [0.3, 0.4) is 0 Å². The van der Waals surface area contributed by atoms with Crippen LogP contribution in [0.1, 0.15) is 88.8 Å². The third kappa shape index (κ3) is 6.28. The van der Waals surface area contributed by atoms with Crippen molar-refractivity contribution in [1.82, 2.24) is 8.75 Å². The first kappa shape index (κ1) is 42.0. The van der Waals surface area contributed by atoms with Gasteiger partial charge in [0.2, 0.25) is 0 Å². The molecular weight excluding hydrogens is 819 g/mol. The van der Waals surface area contributed by atoms with E-state index in [4.69, 9.17) is 8.75 Å². The van der Waals surface area contributed by atoms with Gasteiger partial charge in [-0.05, 0) is 157 Å². The van der Waals surface area contributed by atoms with Gasteiger partial charge in [-0.2, -0.15) is 8.75 Å². The molecule has 11 rings (SSSR count). The van der Waals surface area contributed by atoms with Crippen LogP contribution in [-0.4, -0.2) is 8.75 Å². The Morgan fingerprint density at radius 1 is 0.333 bits per heavy atom. The van der Waals surface area contributed by atoms with Crippen LogP contribution >= 0.6 is 11.7 Å². The molecule has 0 atom stereocenters. The van der Waals surface area contributed by atoms with Gasteiger partial charge in [0, 0.05) is 28.2 Å². The predicted molar refractivity (Wildman–Crippen MR) is 281 cm³/mol. The highest BCUT2D eigenvalue weighted by Gasteiger charge is 2.47. The van der Waals surface area contributed by atoms with E-state index in [1.807, 2.05) is 0 Å². The van der Waals surface area contributed by atoms with Crippen LogP contribution in [0.15, 0.2) is 164 Å². The number of fused-ring (bicyclic) bond motifs is 7. The molecule has 1 heterocycles. The van der Waals surface area contributed by atoms with Gasteiger partial charge in [0.25, 0.3) is 0 Å². The minimum atomic E-state index is -0.168. The fourth-order valence-electron chi connectivity index (χ4n) is 11.0. The molecule has 0 aliphatic heterocycles. The second-order valence-electron chi connectivity index (χ2n) is 21.0. The topological polar surface area (TPSA) is 29.0 Å². The van der Waals surface area contributed by atoms with Gasteiger partial charge in [-0.25, -0.2) is 0 Å². The zero-order valence-corrected chi connectivity index (χ0v) is 40.7. The molecule has 0 spiro atoms. The van der Waals surface area contributed by atoms with Gasteiger partial charge in [-0.15, -0.1) is 0 Å². The van der Waals surface area contributed by atoms with Crippen molar-refractivity contribution in [2.45, 2.75) is 90.9 Å². The van der Waals surface area contributed by atoms with E-state index in [1.54, 1.807) is 0 Å². The first-order chi connectivity index (χ1) is 31.6. The Bertz CT molecular complexity index is 3370. The van der Waals surface area contributed by atoms with Crippen LogP contribution < -0.4 is 4.90 Å². The molecule has 0 amide bonds. The van der Waals surface area contributed by atoms with Gasteiger partial charge in [-0.3, -0.25) is 0 Å². The van der Waals surface area contributed by atoms with Crippen LogP contribution in [0.2, 0.25) is 0 Å². The number of nitrogens with zero attached hydrogens (tertiary/aromatic N) is 3. The molecule has 0 radical (unpaired) electrons. The molecule has 0 unspecified atom stereocenters. The summed E-state index contributed by atoms with van der Waals surface area (Å²) in [6.45, 7) is 23.7. The molecular formula is C62H57N3S. The van der Waals surface area contributed by atoms with Crippen LogP contribution in [0.5, 0.6) is 0 Å². The lowest BCUT2D eigenvalue weighted by Crippen LogP contribution is -2.43. The first-order valence-corrected chi connectivity index (χ1v) is 24.1. The summed E-state index contributed by atoms with van der Waals surface area (Å²) in [5.74, 6) is 0. The maximum absolute atomic E-state index is 4.99. The molecule has 0 fully saturated rings. The van der Waals surface area contributed by atoms with Crippen LogP contribution in [0.25, 0.3) is 66.7 Å². The number of rotatable bonds is 6. The van der Waals surface area contributed by atoms with Crippen molar-refractivity contribution in [3.63, 3.8) is 0 Å². The molecule has 0 saturated heterocycles. The Morgan fingerprint density at radius 3 is 1.17 bits per heavy atom. The molecule has 0 bridgehead atoms. The van der Waals surface area contributed by atoms with Crippen molar-refractivity contribution in [2.24, 2.45) is 0 Å². The largest absolute Gasteiger partial charge is 0.311 e. The minimum Gasteiger partial charge on any atom is -0.311 e. The van der Waals surface area contributed by atoms with Gasteiger partial charge >= 0.3 is 0 Å². The van der Waals surface area contributed by atoms with Crippen molar-refractivity contribution >= 4 is 39.8 Å². The van der Waals surface area contributed by atoms with Crippen molar-refractivity contribution in [2.75, 3.05) is 4.90 Å². The van der Waals surface area contributed by atoms with Gasteiger partial charge in [0.1, 0.15) is 11.0 Å². The van der Waals surface area contributed by atoms with E-state index < -0.39 is 0 Å². The lowest BCUT2D eigenvalue weighted by atomic mass is 9.55. The molecule has 0 N–H and O–H groups in total. The maximum atomic E-state index is 4.99. The van der Waals surface area contributed by atoms with E-state index in [0.29, 0.717) is 0 Å². The summed E-state index contributed by atoms with van der Waals surface area (Å²) in [7, 11) is 0. The van der Waals surface area contributed by atoms with Crippen LogP contribution in [0, 0.1) is 13.8 Å². The lowest BCUT2D eigenvalue weighted by Gasteiger charge is -2.48. The number of benzene rings is 8. The fraction of sp³-hybridized carbons (Fsp3) is 0.226. The van der Waals surface area contributed by atoms with Gasteiger partial charge in [-0.1, -0.05) is 176 Å². The molecule has 8 aromatic carbocycles. The quantitative estimate of drug-likeness (QED) is 0.167. The second kappa shape index (κ2) is 15.0. The van der Waals surface area contributed by atoms with Crippen molar-refractivity contribution in [3.05, 3.63) is 197 Å². The summed E-state index contributed by atoms with van der Waals surface area (Å²) in [5.41, 5.74) is 25.4. The van der Waals surface area contributed by atoms with E-state index in [1.165, 1.54) is 89.6 Å². The second-order valence-corrected chi connectivity index (χ2v) is 21.5. The van der Waals surface area contributed by atoms with Crippen LogP contribution in [0.4, 0.5) is 17.1 Å². The van der Waals surface area contributed by atoms with E-state index in [0.717, 1.165) is 39.2 Å². The molecule has 1 aromatic heterocycles. The molecule has 66 heavy (non-hydrogen) atoms. The average molecular weight is 876 g/mol. The molecule has 326 valence electrons. The standard InChI is InChI=1S/C62H57N3S/c1-38-16-24-45(25-17-38)65(44-14-12-11-13-15-44)46-26-19-40(20-27-46)41-21-29-50-52-31-23-43(37-56(52)62(9,10)60(5,6)54(50)35-41)48-33-32-47(57-58(48)64-66-63-57)42-22-30-51-49-28-18-39(2)34-53(49)59(3,4)61(7,8)55(51)36-42/h11-37H,1-10H3. The smallest absolute Gasteiger partial charge is 0.113 e. The highest BCUT2D eigenvalue weighted by Crippen LogP contribution is 2.57. The zero-order chi connectivity index (χ0) is 45.9. The number of anilines is 3. The number of para-hydroxylation sites is 1. The van der Waals surface area contributed by atoms with Gasteiger partial charge < -0.3 is 4.90 Å². The Kier molecular flexibility index (Phi) is 9.53. The number of aromatic nitrogens is 2. The first-order valence-electron chi connectivity index (χ1n) is 23.4. The van der Waals surface area contributed by atoms with E-state index in [9.17, 15) is 0 Å². The maximum Gasteiger partial charge on any atom is 0.113 e. The van der Waals surface area contributed by atoms with E-state index >= 15 is 0 Å². The fourth-order valence-corrected chi connectivity index (χ4v) is 11.6. The van der Waals surface area contributed by atoms with Crippen molar-refractivity contribution in [1.29, 1.82) is 0 Å². The third-order valence-corrected chi connectivity index (χ3v) is 17.0. The molecule has 0 saturated carbocycles. The Labute approximate surface area is 395 Å². The van der Waals surface area contributed by atoms with Gasteiger partial charge in [0.15, 0.2) is 0 Å². The highest BCUT2D eigenvalue weighted by atomic mass is 32.1. The summed E-state index contributed by atoms with van der Waals surface area (Å²) in [6, 6.07) is 61.2. The van der Waals surface area contributed by atoms with Gasteiger partial charge in [0.05, 0.1) is 11.7 Å². The Hall–Kier alpha value is -6.62.